The van der Waals surface area contributed by atoms with Gasteiger partial charge in [0.25, 0.3) is 5.95 Å². The van der Waals surface area contributed by atoms with Crippen LogP contribution < -0.4 is 5.32 Å². The second-order valence-electron chi connectivity index (χ2n) is 9.00. The highest BCUT2D eigenvalue weighted by Crippen LogP contribution is 2.37. The molecule has 2 aliphatic rings. The molecule has 2 aromatic heterocycles. The Bertz CT molecular complexity index is 1120. The zero-order chi connectivity index (χ0) is 21.7. The lowest BCUT2D eigenvalue weighted by Gasteiger charge is -2.35. The molecule has 3 heterocycles. The molecule has 0 spiro atoms. The van der Waals surface area contributed by atoms with Gasteiger partial charge >= 0.3 is 0 Å². The number of halogens is 1. The Labute approximate surface area is 179 Å². The van der Waals surface area contributed by atoms with Crippen LogP contribution in [-0.4, -0.2) is 55.9 Å². The number of para-hydroxylation sites is 1. The Kier molecular flexibility index (Phi) is 5.00. The number of hydrogen-bond donors (Lipinski definition) is 1. The number of nitrogens with zero attached hydrogens (tertiary/aromatic N) is 5. The summed E-state index contributed by atoms with van der Waals surface area (Å²) in [5.41, 5.74) is 1.19. The Balaban J connectivity index is 1.28. The Morgan fingerprint density at radius 2 is 2.10 bits per heavy atom. The highest BCUT2D eigenvalue weighted by atomic mass is 19.1. The summed E-state index contributed by atoms with van der Waals surface area (Å²) in [5.74, 6) is 0.937. The fourth-order valence-electron chi connectivity index (χ4n) is 4.67. The smallest absolute Gasteiger partial charge is 0.291 e. The van der Waals surface area contributed by atoms with E-state index in [1.54, 1.807) is 13.0 Å². The quantitative estimate of drug-likeness (QED) is 0.674. The number of benzene rings is 1. The van der Waals surface area contributed by atoms with Crippen LogP contribution in [0.15, 0.2) is 22.7 Å². The summed E-state index contributed by atoms with van der Waals surface area (Å²) < 4.78 is 21.6. The first-order valence-corrected chi connectivity index (χ1v) is 10.9. The van der Waals surface area contributed by atoms with Crippen molar-refractivity contribution in [2.75, 3.05) is 13.1 Å². The van der Waals surface area contributed by atoms with Gasteiger partial charge < -0.3 is 14.7 Å². The summed E-state index contributed by atoms with van der Waals surface area (Å²) in [6.45, 7) is 7.27. The normalized spacial score (nSPS) is 23.6. The molecule has 1 aromatic carbocycles. The van der Waals surface area contributed by atoms with Crippen molar-refractivity contribution < 1.29 is 13.7 Å². The summed E-state index contributed by atoms with van der Waals surface area (Å²) in [6.07, 6.45) is 2.80. The average molecular weight is 426 g/mol. The van der Waals surface area contributed by atoms with Crippen LogP contribution in [0.1, 0.15) is 63.5 Å². The molecule has 8 nitrogen and oxygen atoms in total. The molecule has 31 heavy (non-hydrogen) atoms. The molecule has 1 aliphatic carbocycles. The Morgan fingerprint density at radius 1 is 1.29 bits per heavy atom. The SMILES string of the molecule is CC(=O)N1CC[C@H](NC2CC(c3nc(-n4nc(C(C)C)c5cccc(F)c54)no3)C2)C1. The maximum atomic E-state index is 14.6. The van der Waals surface area contributed by atoms with Gasteiger partial charge in [0.2, 0.25) is 11.8 Å². The zero-order valence-electron chi connectivity index (χ0n) is 18.0. The maximum absolute atomic E-state index is 14.6. The van der Waals surface area contributed by atoms with Gasteiger partial charge in [-0.15, -0.1) is 0 Å². The van der Waals surface area contributed by atoms with Crippen LogP contribution in [0, 0.1) is 5.82 Å². The minimum atomic E-state index is -0.354. The third-order valence-electron chi connectivity index (χ3n) is 6.44. The molecule has 0 unspecified atom stereocenters. The highest BCUT2D eigenvalue weighted by molar-refractivity contribution is 5.84. The highest BCUT2D eigenvalue weighted by Gasteiger charge is 2.37. The number of hydrogen-bond acceptors (Lipinski definition) is 6. The van der Waals surface area contributed by atoms with Gasteiger partial charge in [0.15, 0.2) is 0 Å². The summed E-state index contributed by atoms with van der Waals surface area (Å²) in [7, 11) is 0. The van der Waals surface area contributed by atoms with Crippen LogP contribution in [-0.2, 0) is 4.79 Å². The monoisotopic (exact) mass is 426 g/mol. The fourth-order valence-corrected chi connectivity index (χ4v) is 4.67. The van der Waals surface area contributed by atoms with Gasteiger partial charge in [0.1, 0.15) is 11.3 Å². The third-order valence-corrected chi connectivity index (χ3v) is 6.44. The average Bonchev–Trinajstić information content (AvgIpc) is 3.42. The molecule has 3 aromatic rings. The topological polar surface area (TPSA) is 89.1 Å². The van der Waals surface area contributed by atoms with Crippen molar-refractivity contribution in [1.82, 2.24) is 30.1 Å². The van der Waals surface area contributed by atoms with Gasteiger partial charge in [0, 0.05) is 43.4 Å². The lowest BCUT2D eigenvalue weighted by atomic mass is 9.80. The maximum Gasteiger partial charge on any atom is 0.291 e. The van der Waals surface area contributed by atoms with E-state index in [9.17, 15) is 9.18 Å². The number of aromatic nitrogens is 4. The van der Waals surface area contributed by atoms with Crippen molar-refractivity contribution in [3.63, 3.8) is 0 Å². The van der Waals surface area contributed by atoms with Crippen LogP contribution >= 0.6 is 0 Å². The molecule has 0 bridgehead atoms. The first-order valence-electron chi connectivity index (χ1n) is 10.9. The standard InChI is InChI=1S/C22H27FN6O2/c1-12(2)19-17-5-4-6-18(23)20(17)29(26-19)22-25-21(31-27-22)14-9-16(10-14)24-15-7-8-28(11-15)13(3)30/h4-6,12,14-16,24H,7-11H2,1-3H3/t14?,15-,16?/m0/s1. The van der Waals surface area contributed by atoms with Crippen LogP contribution in [0.5, 0.6) is 0 Å². The Morgan fingerprint density at radius 3 is 2.81 bits per heavy atom. The van der Waals surface area contributed by atoms with E-state index in [4.69, 9.17) is 4.52 Å². The molecular weight excluding hydrogens is 399 g/mol. The van der Waals surface area contributed by atoms with Crippen LogP contribution in [0.3, 0.4) is 0 Å². The third kappa shape index (κ3) is 3.60. The molecule has 1 amide bonds. The van der Waals surface area contributed by atoms with E-state index in [1.165, 1.54) is 10.7 Å². The minimum Gasteiger partial charge on any atom is -0.341 e. The van der Waals surface area contributed by atoms with Gasteiger partial charge in [-0.3, -0.25) is 4.79 Å². The molecule has 1 saturated carbocycles. The first-order chi connectivity index (χ1) is 14.9. The zero-order valence-corrected chi connectivity index (χ0v) is 18.0. The lowest BCUT2D eigenvalue weighted by Crippen LogP contribution is -2.46. The Hall–Kier alpha value is -2.81. The summed E-state index contributed by atoms with van der Waals surface area (Å²) in [5, 5.41) is 13.1. The lowest BCUT2D eigenvalue weighted by molar-refractivity contribution is -0.127. The molecule has 1 aliphatic heterocycles. The molecule has 0 radical (unpaired) electrons. The molecule has 2 fully saturated rings. The van der Waals surface area contributed by atoms with Gasteiger partial charge in [-0.05, 0) is 36.4 Å². The predicted molar refractivity (Wildman–Crippen MR) is 113 cm³/mol. The number of likely N-dealkylation sites (tertiary alicyclic amines) is 1. The van der Waals surface area contributed by atoms with Crippen molar-refractivity contribution in [3.8, 4) is 5.95 Å². The second kappa shape index (κ2) is 7.71. The largest absolute Gasteiger partial charge is 0.341 e. The van der Waals surface area contributed by atoms with Crippen molar-refractivity contribution in [3.05, 3.63) is 35.6 Å². The van der Waals surface area contributed by atoms with E-state index in [-0.39, 0.29) is 29.5 Å². The number of nitrogens with one attached hydrogen (secondary N) is 1. The summed E-state index contributed by atoms with van der Waals surface area (Å²) in [6, 6.07) is 5.72. The second-order valence-corrected chi connectivity index (χ2v) is 9.00. The first kappa shape index (κ1) is 20.1. The van der Waals surface area contributed by atoms with Crippen LogP contribution in [0.4, 0.5) is 4.39 Å². The van der Waals surface area contributed by atoms with E-state index in [0.29, 0.717) is 23.5 Å². The fraction of sp³-hybridized carbons (Fsp3) is 0.545. The summed E-state index contributed by atoms with van der Waals surface area (Å²) >= 11 is 0. The van der Waals surface area contributed by atoms with E-state index in [0.717, 1.165) is 43.4 Å². The van der Waals surface area contributed by atoms with Crippen molar-refractivity contribution in [2.24, 2.45) is 0 Å². The molecule has 5 rings (SSSR count). The molecule has 1 N–H and O–H groups in total. The van der Waals surface area contributed by atoms with Gasteiger partial charge in [-0.2, -0.15) is 14.8 Å². The predicted octanol–water partition coefficient (Wildman–Crippen LogP) is 3.13. The van der Waals surface area contributed by atoms with E-state index in [2.05, 4.69) is 20.6 Å². The number of carbonyl (C=O) groups is 1. The number of amides is 1. The van der Waals surface area contributed by atoms with Gasteiger partial charge in [-0.1, -0.05) is 26.0 Å². The van der Waals surface area contributed by atoms with Crippen LogP contribution in [0.25, 0.3) is 16.9 Å². The van der Waals surface area contributed by atoms with E-state index in [1.807, 2.05) is 24.8 Å². The van der Waals surface area contributed by atoms with Crippen LogP contribution in [0.2, 0.25) is 0 Å². The number of rotatable bonds is 5. The van der Waals surface area contributed by atoms with Gasteiger partial charge in [-0.25, -0.2) is 4.39 Å². The minimum absolute atomic E-state index is 0.136. The number of fused-ring (bicyclic) bond motifs is 1. The number of carbonyl (C=O) groups excluding carboxylic acids is 1. The molecule has 9 heteroatoms. The van der Waals surface area contributed by atoms with Crippen molar-refractivity contribution in [2.45, 2.75) is 64.0 Å². The van der Waals surface area contributed by atoms with Gasteiger partial charge in [0.05, 0.1) is 5.69 Å². The van der Waals surface area contributed by atoms with Crippen molar-refractivity contribution in [1.29, 1.82) is 0 Å². The van der Waals surface area contributed by atoms with E-state index < -0.39 is 0 Å². The molecular formula is C22H27FN6O2. The molecule has 1 atom stereocenters. The van der Waals surface area contributed by atoms with E-state index >= 15 is 0 Å². The molecule has 1 saturated heterocycles. The van der Waals surface area contributed by atoms with Crippen molar-refractivity contribution >= 4 is 16.8 Å². The molecule has 164 valence electrons. The summed E-state index contributed by atoms with van der Waals surface area (Å²) in [4.78, 5) is 17.9.